The molecule has 1 fully saturated rings. The number of aryl methyl sites for hydroxylation is 1. The molecule has 1 amide bonds. The molecular weight excluding hydrogens is 352 g/mol. The first-order valence-corrected chi connectivity index (χ1v) is 10.7. The number of piperazine rings is 1. The topological polar surface area (TPSA) is 83.5 Å². The van der Waals surface area contributed by atoms with Crippen LogP contribution in [0.25, 0.3) is 0 Å². The predicted molar refractivity (Wildman–Crippen MR) is 103 cm³/mol. The highest BCUT2D eigenvalue weighted by Gasteiger charge is 2.33. The van der Waals surface area contributed by atoms with Gasteiger partial charge in [0.15, 0.2) is 9.84 Å². The van der Waals surface area contributed by atoms with Crippen molar-refractivity contribution in [2.75, 3.05) is 36.8 Å². The Kier molecular flexibility index (Phi) is 5.95. The van der Waals surface area contributed by atoms with Crippen molar-refractivity contribution in [3.63, 3.8) is 0 Å². The van der Waals surface area contributed by atoms with Crippen molar-refractivity contribution < 1.29 is 13.2 Å². The fraction of sp³-hybridized carbons (Fsp3) is 0.722. The van der Waals surface area contributed by atoms with Gasteiger partial charge in [-0.25, -0.2) is 18.4 Å². The molecule has 1 aliphatic heterocycles. The van der Waals surface area contributed by atoms with Crippen LogP contribution in [0.3, 0.4) is 0 Å². The number of amides is 1. The van der Waals surface area contributed by atoms with E-state index in [1.807, 2.05) is 13.0 Å². The first-order chi connectivity index (χ1) is 11.9. The number of sulfone groups is 1. The van der Waals surface area contributed by atoms with Crippen LogP contribution >= 0.6 is 0 Å². The van der Waals surface area contributed by atoms with Crippen molar-refractivity contribution in [3.05, 3.63) is 17.6 Å². The molecule has 2 heterocycles. The van der Waals surface area contributed by atoms with Crippen LogP contribution in [0.5, 0.6) is 0 Å². The lowest BCUT2D eigenvalue weighted by molar-refractivity contribution is -0.128. The minimum atomic E-state index is -3.46. The van der Waals surface area contributed by atoms with E-state index < -0.39 is 20.3 Å². The van der Waals surface area contributed by atoms with Crippen molar-refractivity contribution in [1.82, 2.24) is 14.9 Å². The molecular formula is C18H30N4O3S. The minimum Gasteiger partial charge on any atom is -0.353 e. The van der Waals surface area contributed by atoms with Gasteiger partial charge < -0.3 is 9.80 Å². The smallest absolute Gasteiger partial charge is 0.237 e. The maximum absolute atomic E-state index is 12.4. The van der Waals surface area contributed by atoms with Crippen LogP contribution < -0.4 is 4.90 Å². The Morgan fingerprint density at radius 2 is 1.73 bits per heavy atom. The standard InChI is InChI=1S/C18H30N4O3S/c1-13(2)17-19-14(3)11-15(20-17)21-7-9-22(10-8-21)16(23)12-26(24,25)18(4,5)6/h11,13H,7-10,12H2,1-6H3. The third-order valence-electron chi connectivity index (χ3n) is 4.58. The van der Waals surface area contributed by atoms with Crippen LogP contribution in [0.4, 0.5) is 5.82 Å². The molecule has 0 spiro atoms. The molecule has 1 saturated heterocycles. The Hall–Kier alpha value is -1.70. The third kappa shape index (κ3) is 4.72. The number of aromatic nitrogens is 2. The molecule has 0 saturated carbocycles. The first-order valence-electron chi connectivity index (χ1n) is 9.01. The molecule has 0 unspecified atom stereocenters. The highest BCUT2D eigenvalue weighted by atomic mass is 32.2. The molecule has 0 N–H and O–H groups in total. The molecule has 0 radical (unpaired) electrons. The van der Waals surface area contributed by atoms with Crippen LogP contribution in [-0.4, -0.2) is 65.9 Å². The summed E-state index contributed by atoms with van der Waals surface area (Å²) in [6, 6.07) is 1.95. The fourth-order valence-electron chi connectivity index (χ4n) is 2.65. The van der Waals surface area contributed by atoms with Gasteiger partial charge in [0, 0.05) is 43.9 Å². The lowest BCUT2D eigenvalue weighted by Gasteiger charge is -2.36. The molecule has 2 rings (SSSR count). The van der Waals surface area contributed by atoms with E-state index in [0.29, 0.717) is 26.2 Å². The van der Waals surface area contributed by atoms with Gasteiger partial charge in [-0.15, -0.1) is 0 Å². The van der Waals surface area contributed by atoms with E-state index in [4.69, 9.17) is 0 Å². The molecule has 1 aromatic heterocycles. The minimum absolute atomic E-state index is 0.249. The van der Waals surface area contributed by atoms with Gasteiger partial charge >= 0.3 is 0 Å². The van der Waals surface area contributed by atoms with Crippen LogP contribution in [0.1, 0.15) is 52.1 Å². The van der Waals surface area contributed by atoms with Gasteiger partial charge in [-0.3, -0.25) is 4.79 Å². The van der Waals surface area contributed by atoms with E-state index in [1.54, 1.807) is 25.7 Å². The molecule has 1 aliphatic rings. The number of nitrogens with zero attached hydrogens (tertiary/aromatic N) is 4. The van der Waals surface area contributed by atoms with Crippen molar-refractivity contribution >= 4 is 21.6 Å². The summed E-state index contributed by atoms with van der Waals surface area (Å²) in [5.41, 5.74) is 0.925. The molecule has 1 aromatic rings. The van der Waals surface area contributed by atoms with Gasteiger partial charge in [-0.05, 0) is 27.7 Å². The maximum Gasteiger partial charge on any atom is 0.237 e. The summed E-state index contributed by atoms with van der Waals surface area (Å²) in [5, 5.41) is 0. The Morgan fingerprint density at radius 1 is 1.15 bits per heavy atom. The summed E-state index contributed by atoms with van der Waals surface area (Å²) in [4.78, 5) is 25.3. The van der Waals surface area contributed by atoms with Gasteiger partial charge in [-0.1, -0.05) is 13.8 Å². The summed E-state index contributed by atoms with van der Waals surface area (Å²) in [6.07, 6.45) is 0. The molecule has 8 heteroatoms. The number of carbonyl (C=O) groups is 1. The second kappa shape index (κ2) is 7.50. The molecule has 0 bridgehead atoms. The molecule has 0 aliphatic carbocycles. The van der Waals surface area contributed by atoms with Crippen molar-refractivity contribution in [1.29, 1.82) is 0 Å². The quantitative estimate of drug-likeness (QED) is 0.789. The Bertz CT molecular complexity index is 761. The average molecular weight is 383 g/mol. The predicted octanol–water partition coefficient (Wildman–Crippen LogP) is 1.77. The normalized spacial score (nSPS) is 16.3. The second-order valence-electron chi connectivity index (χ2n) is 8.12. The van der Waals surface area contributed by atoms with E-state index in [2.05, 4.69) is 28.7 Å². The molecule has 7 nitrogen and oxygen atoms in total. The Morgan fingerprint density at radius 3 is 2.23 bits per heavy atom. The van der Waals surface area contributed by atoms with Gasteiger partial charge in [0.1, 0.15) is 17.4 Å². The van der Waals surface area contributed by atoms with Gasteiger partial charge in [0.05, 0.1) is 4.75 Å². The number of anilines is 1. The zero-order valence-electron chi connectivity index (χ0n) is 16.6. The number of hydrogen-bond acceptors (Lipinski definition) is 6. The van der Waals surface area contributed by atoms with E-state index in [-0.39, 0.29) is 11.8 Å². The highest BCUT2D eigenvalue weighted by molar-refractivity contribution is 7.93. The zero-order valence-corrected chi connectivity index (χ0v) is 17.4. The third-order valence-corrected chi connectivity index (χ3v) is 7.07. The second-order valence-corrected chi connectivity index (χ2v) is 10.9. The summed E-state index contributed by atoms with van der Waals surface area (Å²) in [6.45, 7) is 13.2. The van der Waals surface area contributed by atoms with Crippen LogP contribution in [0.2, 0.25) is 0 Å². The Balaban J connectivity index is 2.02. The average Bonchev–Trinajstić information content (AvgIpc) is 2.53. The molecule has 0 aromatic carbocycles. The number of rotatable bonds is 4. The monoisotopic (exact) mass is 382 g/mol. The van der Waals surface area contributed by atoms with E-state index >= 15 is 0 Å². The van der Waals surface area contributed by atoms with Crippen LogP contribution in [0, 0.1) is 6.92 Å². The number of carbonyl (C=O) groups excluding carboxylic acids is 1. The number of hydrogen-bond donors (Lipinski definition) is 0. The SMILES string of the molecule is Cc1cc(N2CCN(C(=O)CS(=O)(=O)C(C)(C)C)CC2)nc(C(C)C)n1. The van der Waals surface area contributed by atoms with Crippen molar-refractivity contribution in [2.45, 2.75) is 52.2 Å². The Labute approximate surface area is 156 Å². The maximum atomic E-state index is 12.4. The first kappa shape index (κ1) is 20.6. The van der Waals surface area contributed by atoms with Gasteiger partial charge in [0.25, 0.3) is 0 Å². The summed E-state index contributed by atoms with van der Waals surface area (Å²) in [5.74, 6) is 1.19. The molecule has 26 heavy (non-hydrogen) atoms. The summed E-state index contributed by atoms with van der Waals surface area (Å²) < 4.78 is 23.6. The highest BCUT2D eigenvalue weighted by Crippen LogP contribution is 2.20. The van der Waals surface area contributed by atoms with Crippen molar-refractivity contribution in [3.8, 4) is 0 Å². The molecule has 146 valence electrons. The van der Waals surface area contributed by atoms with Gasteiger partial charge in [-0.2, -0.15) is 0 Å². The van der Waals surface area contributed by atoms with Crippen molar-refractivity contribution in [2.24, 2.45) is 0 Å². The van der Waals surface area contributed by atoms with E-state index in [9.17, 15) is 13.2 Å². The lowest BCUT2D eigenvalue weighted by Crippen LogP contribution is -2.51. The van der Waals surface area contributed by atoms with E-state index in [0.717, 1.165) is 17.3 Å². The lowest BCUT2D eigenvalue weighted by atomic mass is 10.2. The zero-order chi connectivity index (χ0) is 19.7. The summed E-state index contributed by atoms with van der Waals surface area (Å²) >= 11 is 0. The van der Waals surface area contributed by atoms with E-state index in [1.165, 1.54) is 0 Å². The largest absolute Gasteiger partial charge is 0.353 e. The summed E-state index contributed by atoms with van der Waals surface area (Å²) in [7, 11) is -3.46. The van der Waals surface area contributed by atoms with Crippen LogP contribution in [-0.2, 0) is 14.6 Å². The van der Waals surface area contributed by atoms with Gasteiger partial charge in [0.2, 0.25) is 5.91 Å². The molecule has 0 atom stereocenters. The fourth-order valence-corrected chi connectivity index (χ4v) is 3.59. The van der Waals surface area contributed by atoms with Crippen LogP contribution in [0.15, 0.2) is 6.07 Å².